The number of nitrogens with zero attached hydrogens (tertiary/aromatic N) is 1. The molecule has 0 aliphatic heterocycles. The van der Waals surface area contributed by atoms with Gasteiger partial charge in [-0.1, -0.05) is 47.5 Å². The standard InChI is InChI=1S/C24H18BrClN2O2/c1-16-3-2-4-18(11-16)15-30-23-10-5-17(13-22(23)25)12-19(14-27)24(29)28-21-8-6-20(26)7-9-21/h2-13H,15H2,1H3,(H,28,29)/b19-12-. The molecule has 1 N–H and O–H groups in total. The molecule has 3 rings (SSSR count). The molecule has 3 aromatic rings. The van der Waals surface area contributed by atoms with Crippen LogP contribution in [0.5, 0.6) is 5.75 Å². The lowest BCUT2D eigenvalue weighted by atomic mass is 10.1. The molecule has 0 spiro atoms. The number of amides is 1. The number of nitrogens with one attached hydrogen (secondary N) is 1. The van der Waals surface area contributed by atoms with Gasteiger partial charge in [-0.3, -0.25) is 4.79 Å². The average Bonchev–Trinajstić information content (AvgIpc) is 2.73. The third-order valence-corrected chi connectivity index (χ3v) is 5.08. The van der Waals surface area contributed by atoms with E-state index in [4.69, 9.17) is 16.3 Å². The van der Waals surface area contributed by atoms with Gasteiger partial charge in [0.1, 0.15) is 24.0 Å². The van der Waals surface area contributed by atoms with Gasteiger partial charge < -0.3 is 10.1 Å². The fraction of sp³-hybridized carbons (Fsp3) is 0.0833. The zero-order valence-electron chi connectivity index (χ0n) is 16.2. The lowest BCUT2D eigenvalue weighted by molar-refractivity contribution is -0.112. The van der Waals surface area contributed by atoms with Crippen LogP contribution < -0.4 is 10.1 Å². The van der Waals surface area contributed by atoms with E-state index in [2.05, 4.69) is 27.3 Å². The van der Waals surface area contributed by atoms with E-state index < -0.39 is 5.91 Å². The zero-order valence-corrected chi connectivity index (χ0v) is 18.5. The highest BCUT2D eigenvalue weighted by Gasteiger charge is 2.11. The molecule has 0 bridgehead atoms. The molecule has 0 atom stereocenters. The smallest absolute Gasteiger partial charge is 0.266 e. The second kappa shape index (κ2) is 10.1. The summed E-state index contributed by atoms with van der Waals surface area (Å²) in [6.45, 7) is 2.48. The van der Waals surface area contributed by atoms with Crippen molar-refractivity contribution in [3.63, 3.8) is 0 Å². The lowest BCUT2D eigenvalue weighted by Gasteiger charge is -2.10. The van der Waals surface area contributed by atoms with Gasteiger partial charge in [0.05, 0.1) is 4.47 Å². The van der Waals surface area contributed by atoms with Gasteiger partial charge in [0.25, 0.3) is 5.91 Å². The van der Waals surface area contributed by atoms with E-state index in [1.807, 2.05) is 31.2 Å². The Morgan fingerprint density at radius 3 is 2.60 bits per heavy atom. The second-order valence-corrected chi connectivity index (χ2v) is 7.89. The highest BCUT2D eigenvalue weighted by atomic mass is 79.9. The SMILES string of the molecule is Cc1cccc(COc2ccc(/C=C(/C#N)C(=O)Nc3ccc(Cl)cc3)cc2Br)c1. The van der Waals surface area contributed by atoms with E-state index >= 15 is 0 Å². The van der Waals surface area contributed by atoms with Crippen LogP contribution in [0.3, 0.4) is 0 Å². The number of halogens is 2. The fourth-order valence-corrected chi connectivity index (χ4v) is 3.37. The first-order chi connectivity index (χ1) is 14.4. The molecule has 0 saturated heterocycles. The Morgan fingerprint density at radius 2 is 1.93 bits per heavy atom. The summed E-state index contributed by atoms with van der Waals surface area (Å²) < 4.78 is 6.61. The number of ether oxygens (including phenoxy) is 1. The van der Waals surface area contributed by atoms with Gasteiger partial charge in [0.2, 0.25) is 0 Å². The van der Waals surface area contributed by atoms with Crippen molar-refractivity contribution >= 4 is 45.2 Å². The van der Waals surface area contributed by atoms with Crippen molar-refractivity contribution in [2.75, 3.05) is 5.32 Å². The van der Waals surface area contributed by atoms with E-state index in [1.54, 1.807) is 42.5 Å². The number of benzene rings is 3. The van der Waals surface area contributed by atoms with Crippen LogP contribution in [0.2, 0.25) is 5.02 Å². The highest BCUT2D eigenvalue weighted by molar-refractivity contribution is 9.10. The van der Waals surface area contributed by atoms with Gasteiger partial charge in [-0.15, -0.1) is 0 Å². The summed E-state index contributed by atoms with van der Waals surface area (Å²) in [4.78, 5) is 12.4. The number of aryl methyl sites for hydroxylation is 1. The molecule has 0 fully saturated rings. The lowest BCUT2D eigenvalue weighted by Crippen LogP contribution is -2.13. The van der Waals surface area contributed by atoms with E-state index in [0.29, 0.717) is 28.6 Å². The van der Waals surface area contributed by atoms with Crippen LogP contribution in [0.25, 0.3) is 6.08 Å². The Kier molecular flexibility index (Phi) is 7.29. The Labute approximate surface area is 188 Å². The molecule has 0 aliphatic rings. The van der Waals surface area contributed by atoms with Gasteiger partial charge in [0.15, 0.2) is 0 Å². The van der Waals surface area contributed by atoms with Crippen LogP contribution in [0.15, 0.2) is 76.8 Å². The molecule has 0 aliphatic carbocycles. The molecule has 30 heavy (non-hydrogen) atoms. The van der Waals surface area contributed by atoms with E-state index in [9.17, 15) is 10.1 Å². The molecule has 6 heteroatoms. The average molecular weight is 482 g/mol. The number of carbonyl (C=O) groups excluding carboxylic acids is 1. The third kappa shape index (κ3) is 5.96. The maximum atomic E-state index is 12.4. The first-order valence-electron chi connectivity index (χ1n) is 9.11. The Hall–Kier alpha value is -3.07. The van der Waals surface area contributed by atoms with Crippen LogP contribution in [-0.2, 0) is 11.4 Å². The van der Waals surface area contributed by atoms with Crippen molar-refractivity contribution in [3.8, 4) is 11.8 Å². The van der Waals surface area contributed by atoms with Crippen molar-refractivity contribution < 1.29 is 9.53 Å². The summed E-state index contributed by atoms with van der Waals surface area (Å²) in [5.41, 5.74) is 3.51. The first-order valence-corrected chi connectivity index (χ1v) is 10.3. The van der Waals surface area contributed by atoms with E-state index in [1.165, 1.54) is 11.6 Å². The number of hydrogen-bond acceptors (Lipinski definition) is 3. The van der Waals surface area contributed by atoms with Crippen molar-refractivity contribution in [1.82, 2.24) is 0 Å². The quantitative estimate of drug-likeness (QED) is 0.321. The topological polar surface area (TPSA) is 62.1 Å². The summed E-state index contributed by atoms with van der Waals surface area (Å²) in [5, 5.41) is 12.7. The Bertz CT molecular complexity index is 1130. The molecule has 1 amide bonds. The first kappa shape index (κ1) is 21.6. The van der Waals surface area contributed by atoms with Crippen molar-refractivity contribution in [2.45, 2.75) is 13.5 Å². The second-order valence-electron chi connectivity index (χ2n) is 6.60. The molecule has 0 unspecified atom stereocenters. The van der Waals surface area contributed by atoms with E-state index in [-0.39, 0.29) is 5.57 Å². The zero-order chi connectivity index (χ0) is 21.5. The normalized spacial score (nSPS) is 10.9. The maximum absolute atomic E-state index is 12.4. The summed E-state index contributed by atoms with van der Waals surface area (Å²) in [5.74, 6) is 0.188. The van der Waals surface area contributed by atoms with Crippen LogP contribution in [0, 0.1) is 18.3 Å². The predicted molar refractivity (Wildman–Crippen MR) is 123 cm³/mol. The number of hydrogen-bond donors (Lipinski definition) is 1. The van der Waals surface area contributed by atoms with Gasteiger partial charge in [-0.05, 0) is 76.5 Å². The van der Waals surface area contributed by atoms with Crippen molar-refractivity contribution in [1.29, 1.82) is 5.26 Å². The molecule has 150 valence electrons. The monoisotopic (exact) mass is 480 g/mol. The number of nitriles is 1. The van der Waals surface area contributed by atoms with Crippen LogP contribution in [0.1, 0.15) is 16.7 Å². The summed E-state index contributed by atoms with van der Waals surface area (Å²) in [6, 6.07) is 22.1. The number of carbonyl (C=O) groups is 1. The molecular weight excluding hydrogens is 464 g/mol. The van der Waals surface area contributed by atoms with Gasteiger partial charge in [0, 0.05) is 10.7 Å². The van der Waals surface area contributed by atoms with E-state index in [0.717, 1.165) is 10.0 Å². The number of rotatable bonds is 6. The maximum Gasteiger partial charge on any atom is 0.266 e. The minimum absolute atomic E-state index is 0.00900. The minimum Gasteiger partial charge on any atom is -0.488 e. The van der Waals surface area contributed by atoms with Gasteiger partial charge in [-0.25, -0.2) is 0 Å². The summed E-state index contributed by atoms with van der Waals surface area (Å²) in [6.07, 6.45) is 1.53. The Morgan fingerprint density at radius 1 is 1.17 bits per heavy atom. The molecular formula is C24H18BrClN2O2. The molecule has 0 aromatic heterocycles. The van der Waals surface area contributed by atoms with Crippen LogP contribution in [-0.4, -0.2) is 5.91 Å². The number of anilines is 1. The van der Waals surface area contributed by atoms with Gasteiger partial charge >= 0.3 is 0 Å². The van der Waals surface area contributed by atoms with Crippen molar-refractivity contribution in [3.05, 3.63) is 98.5 Å². The molecule has 4 nitrogen and oxygen atoms in total. The molecule has 0 radical (unpaired) electrons. The van der Waals surface area contributed by atoms with Crippen LogP contribution >= 0.6 is 27.5 Å². The summed E-state index contributed by atoms with van der Waals surface area (Å²) in [7, 11) is 0. The molecule has 0 saturated carbocycles. The molecule has 3 aromatic carbocycles. The fourth-order valence-electron chi connectivity index (χ4n) is 2.73. The van der Waals surface area contributed by atoms with Crippen LogP contribution in [0.4, 0.5) is 5.69 Å². The van der Waals surface area contributed by atoms with Crippen molar-refractivity contribution in [2.24, 2.45) is 0 Å². The molecule has 0 heterocycles. The van der Waals surface area contributed by atoms with Gasteiger partial charge in [-0.2, -0.15) is 5.26 Å². The Balaban J connectivity index is 1.70. The largest absolute Gasteiger partial charge is 0.488 e. The minimum atomic E-state index is -0.490. The third-order valence-electron chi connectivity index (χ3n) is 4.21. The highest BCUT2D eigenvalue weighted by Crippen LogP contribution is 2.28. The summed E-state index contributed by atoms with van der Waals surface area (Å²) >= 11 is 9.34. The predicted octanol–water partition coefficient (Wildman–Crippen LogP) is 6.54.